The summed E-state index contributed by atoms with van der Waals surface area (Å²) in [5.74, 6) is -0.383. The number of alkyl carbamates (subject to hydrolysis) is 1. The zero-order valence-electron chi connectivity index (χ0n) is 11.9. The van der Waals surface area contributed by atoms with Crippen LogP contribution in [0.15, 0.2) is 18.2 Å². The van der Waals surface area contributed by atoms with Crippen molar-refractivity contribution in [1.82, 2.24) is 5.32 Å². The van der Waals surface area contributed by atoms with Crippen LogP contribution in [-0.4, -0.2) is 24.8 Å². The zero-order valence-corrected chi connectivity index (χ0v) is 12.7. The zero-order chi connectivity index (χ0) is 15.2. The molecule has 0 aromatic heterocycles. The van der Waals surface area contributed by atoms with E-state index in [-0.39, 0.29) is 5.82 Å². The number of halogens is 2. The third kappa shape index (κ3) is 7.19. The molecule has 4 nitrogen and oxygen atoms in total. The monoisotopic (exact) mass is 302 g/mol. The first kappa shape index (κ1) is 16.6. The predicted molar refractivity (Wildman–Crippen MR) is 78.8 cm³/mol. The molecule has 0 bridgehead atoms. The number of nitrogens with one attached hydrogen (secondary N) is 2. The van der Waals surface area contributed by atoms with E-state index in [9.17, 15) is 9.18 Å². The molecule has 0 spiro atoms. The van der Waals surface area contributed by atoms with E-state index in [1.807, 2.05) is 20.8 Å². The number of anilines is 1. The Balaban J connectivity index is 2.20. The number of hydrogen-bond acceptors (Lipinski definition) is 3. The van der Waals surface area contributed by atoms with E-state index < -0.39 is 11.7 Å². The average Bonchev–Trinajstić information content (AvgIpc) is 2.24. The molecule has 0 radical (unpaired) electrons. The molecule has 0 saturated carbocycles. The van der Waals surface area contributed by atoms with E-state index in [4.69, 9.17) is 16.3 Å². The Morgan fingerprint density at radius 2 is 2.00 bits per heavy atom. The van der Waals surface area contributed by atoms with Gasteiger partial charge in [-0.2, -0.15) is 0 Å². The first-order chi connectivity index (χ1) is 9.26. The van der Waals surface area contributed by atoms with E-state index in [0.717, 1.165) is 0 Å². The van der Waals surface area contributed by atoms with E-state index >= 15 is 0 Å². The van der Waals surface area contributed by atoms with Crippen LogP contribution in [-0.2, 0) is 4.74 Å². The minimum Gasteiger partial charge on any atom is -0.444 e. The highest BCUT2D eigenvalue weighted by molar-refractivity contribution is 6.30. The van der Waals surface area contributed by atoms with Crippen molar-refractivity contribution in [2.45, 2.75) is 32.8 Å². The fourth-order valence-electron chi connectivity index (χ4n) is 1.48. The van der Waals surface area contributed by atoms with Crippen LogP contribution < -0.4 is 10.6 Å². The van der Waals surface area contributed by atoms with Gasteiger partial charge in [0.25, 0.3) is 0 Å². The summed E-state index contributed by atoms with van der Waals surface area (Å²) < 4.78 is 18.2. The molecule has 0 heterocycles. The lowest BCUT2D eigenvalue weighted by molar-refractivity contribution is 0.0528. The van der Waals surface area contributed by atoms with Crippen LogP contribution in [0.25, 0.3) is 0 Å². The van der Waals surface area contributed by atoms with Crippen LogP contribution in [0.4, 0.5) is 14.9 Å². The Hall–Kier alpha value is -1.49. The third-order valence-corrected chi connectivity index (χ3v) is 2.43. The standard InChI is InChI=1S/C14H20ClFN2O2/c1-14(2,3)20-13(19)18-6-4-5-17-12-8-10(15)7-11(16)9-12/h7-9,17H,4-6H2,1-3H3,(H,18,19). The molecule has 20 heavy (non-hydrogen) atoms. The van der Waals surface area contributed by atoms with Crippen LogP contribution in [0.2, 0.25) is 5.02 Å². The second kappa shape index (κ2) is 7.33. The van der Waals surface area contributed by atoms with Gasteiger partial charge >= 0.3 is 6.09 Å². The molecular weight excluding hydrogens is 283 g/mol. The molecule has 0 fully saturated rings. The highest BCUT2D eigenvalue weighted by Gasteiger charge is 2.15. The van der Waals surface area contributed by atoms with Crippen molar-refractivity contribution in [2.24, 2.45) is 0 Å². The van der Waals surface area contributed by atoms with E-state index in [2.05, 4.69) is 10.6 Å². The van der Waals surface area contributed by atoms with Crippen LogP contribution in [0.5, 0.6) is 0 Å². The van der Waals surface area contributed by atoms with Crippen molar-refractivity contribution >= 4 is 23.4 Å². The van der Waals surface area contributed by atoms with Crippen molar-refractivity contribution in [2.75, 3.05) is 18.4 Å². The normalized spacial score (nSPS) is 11.1. The van der Waals surface area contributed by atoms with Gasteiger partial charge in [0.2, 0.25) is 0 Å². The van der Waals surface area contributed by atoms with Gasteiger partial charge in [-0.1, -0.05) is 11.6 Å². The molecule has 6 heteroatoms. The van der Waals surface area contributed by atoms with E-state index in [1.54, 1.807) is 6.07 Å². The van der Waals surface area contributed by atoms with Crippen molar-refractivity contribution in [3.63, 3.8) is 0 Å². The number of carbonyl (C=O) groups is 1. The average molecular weight is 303 g/mol. The molecule has 1 amide bonds. The minimum absolute atomic E-state index is 0.347. The lowest BCUT2D eigenvalue weighted by atomic mass is 10.2. The first-order valence-electron chi connectivity index (χ1n) is 6.43. The Morgan fingerprint density at radius 3 is 2.60 bits per heavy atom. The van der Waals surface area contributed by atoms with Gasteiger partial charge in [-0.3, -0.25) is 0 Å². The highest BCUT2D eigenvalue weighted by atomic mass is 35.5. The summed E-state index contributed by atoms with van der Waals surface area (Å²) in [5.41, 5.74) is 0.118. The van der Waals surface area contributed by atoms with Gasteiger partial charge in [0.05, 0.1) is 0 Å². The number of amides is 1. The highest BCUT2D eigenvalue weighted by Crippen LogP contribution is 2.17. The topological polar surface area (TPSA) is 50.4 Å². The maximum Gasteiger partial charge on any atom is 0.407 e. The summed E-state index contributed by atoms with van der Waals surface area (Å²) in [6.07, 6.45) is 0.249. The quantitative estimate of drug-likeness (QED) is 0.813. The largest absolute Gasteiger partial charge is 0.444 e. The Morgan fingerprint density at radius 1 is 1.30 bits per heavy atom. The molecule has 0 saturated heterocycles. The van der Waals surface area contributed by atoms with Crippen molar-refractivity contribution in [3.05, 3.63) is 29.0 Å². The summed E-state index contributed by atoms with van der Waals surface area (Å²) >= 11 is 5.74. The molecule has 1 rings (SSSR count). The number of rotatable bonds is 5. The van der Waals surface area contributed by atoms with Gasteiger partial charge in [-0.05, 0) is 45.4 Å². The van der Waals surface area contributed by atoms with Crippen molar-refractivity contribution < 1.29 is 13.9 Å². The maximum atomic E-state index is 13.1. The van der Waals surface area contributed by atoms with Crippen molar-refractivity contribution in [3.8, 4) is 0 Å². The maximum absolute atomic E-state index is 13.1. The fraction of sp³-hybridized carbons (Fsp3) is 0.500. The van der Waals surface area contributed by atoms with Crippen LogP contribution >= 0.6 is 11.6 Å². The molecule has 1 aromatic carbocycles. The van der Waals surface area contributed by atoms with Crippen LogP contribution in [0, 0.1) is 5.82 Å². The lowest BCUT2D eigenvalue weighted by Gasteiger charge is -2.19. The molecule has 0 aliphatic heterocycles. The van der Waals surface area contributed by atoms with Gasteiger partial charge in [0, 0.05) is 23.8 Å². The Labute approximate surface area is 123 Å². The first-order valence-corrected chi connectivity index (χ1v) is 6.81. The predicted octanol–water partition coefficient (Wildman–Crippen LogP) is 3.81. The van der Waals surface area contributed by atoms with Crippen LogP contribution in [0.1, 0.15) is 27.2 Å². The molecule has 2 N–H and O–H groups in total. The minimum atomic E-state index is -0.499. The molecule has 112 valence electrons. The molecule has 0 unspecified atom stereocenters. The summed E-state index contributed by atoms with van der Waals surface area (Å²) in [6.45, 7) is 6.49. The van der Waals surface area contributed by atoms with E-state index in [0.29, 0.717) is 30.2 Å². The van der Waals surface area contributed by atoms with Gasteiger partial charge in [-0.15, -0.1) is 0 Å². The van der Waals surface area contributed by atoms with Gasteiger partial charge in [-0.25, -0.2) is 9.18 Å². The number of ether oxygens (including phenoxy) is 1. The second-order valence-electron chi connectivity index (χ2n) is 5.37. The fourth-order valence-corrected chi connectivity index (χ4v) is 1.70. The van der Waals surface area contributed by atoms with Crippen LogP contribution in [0.3, 0.4) is 0 Å². The lowest BCUT2D eigenvalue weighted by Crippen LogP contribution is -2.33. The second-order valence-corrected chi connectivity index (χ2v) is 5.80. The summed E-state index contributed by atoms with van der Waals surface area (Å²) in [6, 6.07) is 4.26. The van der Waals surface area contributed by atoms with E-state index in [1.165, 1.54) is 12.1 Å². The molecule has 0 atom stereocenters. The summed E-state index contributed by atoms with van der Waals surface area (Å²) in [7, 11) is 0. The van der Waals surface area contributed by atoms with Gasteiger partial charge in [0.1, 0.15) is 11.4 Å². The third-order valence-electron chi connectivity index (χ3n) is 2.21. The summed E-state index contributed by atoms with van der Waals surface area (Å²) in [5, 5.41) is 6.03. The van der Waals surface area contributed by atoms with Gasteiger partial charge < -0.3 is 15.4 Å². The molecule has 1 aromatic rings. The Kier molecular flexibility index (Phi) is 6.07. The molecule has 0 aliphatic rings. The Bertz CT molecular complexity index is 441. The molecule has 0 aliphatic carbocycles. The SMILES string of the molecule is CC(C)(C)OC(=O)NCCCNc1cc(F)cc(Cl)c1. The number of hydrogen-bond donors (Lipinski definition) is 2. The number of carbonyl (C=O) groups excluding carboxylic acids is 1. The van der Waals surface area contributed by atoms with Gasteiger partial charge in [0.15, 0.2) is 0 Å². The van der Waals surface area contributed by atoms with Crippen molar-refractivity contribution in [1.29, 1.82) is 0 Å². The smallest absolute Gasteiger partial charge is 0.407 e. The summed E-state index contributed by atoms with van der Waals surface area (Å²) in [4.78, 5) is 11.4. The molecular formula is C14H20ClFN2O2. The number of benzene rings is 1.